The molecular formula is C11H14FNO3S. The van der Waals surface area contributed by atoms with Crippen LogP contribution in [0.3, 0.4) is 0 Å². The van der Waals surface area contributed by atoms with Gasteiger partial charge >= 0.3 is 0 Å². The molecule has 17 heavy (non-hydrogen) atoms. The predicted molar refractivity (Wildman–Crippen MR) is 62.9 cm³/mol. The maximum absolute atomic E-state index is 12.8. The van der Waals surface area contributed by atoms with Crippen LogP contribution in [0, 0.1) is 5.95 Å². The fourth-order valence-electron chi connectivity index (χ4n) is 1.27. The van der Waals surface area contributed by atoms with E-state index in [1.807, 2.05) is 0 Å². The van der Waals surface area contributed by atoms with Gasteiger partial charge < -0.3 is 10.2 Å². The molecule has 0 saturated heterocycles. The molecule has 0 aliphatic heterocycles. The van der Waals surface area contributed by atoms with Crippen LogP contribution in [0.15, 0.2) is 18.2 Å². The van der Waals surface area contributed by atoms with Gasteiger partial charge in [-0.2, -0.15) is 4.39 Å². The third kappa shape index (κ3) is 4.80. The number of rotatable bonds is 5. The first-order valence-corrected chi connectivity index (χ1v) is 6.11. The van der Waals surface area contributed by atoms with Crippen LogP contribution < -0.4 is 0 Å². The van der Waals surface area contributed by atoms with Crippen LogP contribution in [-0.4, -0.2) is 32.2 Å². The molecule has 1 heterocycles. The van der Waals surface area contributed by atoms with Crippen molar-refractivity contribution in [3.63, 3.8) is 0 Å². The Morgan fingerprint density at radius 3 is 2.82 bits per heavy atom. The van der Waals surface area contributed by atoms with Gasteiger partial charge in [0, 0.05) is 12.7 Å². The molecule has 0 bridgehead atoms. The number of halogens is 1. The molecule has 1 aromatic rings. The molecule has 1 aromatic heterocycles. The molecule has 0 fully saturated rings. The SMILES string of the molecule is CC(=O)SCCC(O)C(O)c1cccc(F)n1. The number of carbonyl (C=O) groups excluding carboxylic acids is 1. The summed E-state index contributed by atoms with van der Waals surface area (Å²) in [5.41, 5.74) is 0.0883. The fraction of sp³-hybridized carbons (Fsp3) is 0.455. The molecule has 0 radical (unpaired) electrons. The van der Waals surface area contributed by atoms with E-state index in [1.165, 1.54) is 19.1 Å². The van der Waals surface area contributed by atoms with E-state index in [0.29, 0.717) is 5.75 Å². The summed E-state index contributed by atoms with van der Waals surface area (Å²) in [6.07, 6.45) is -2.06. The number of hydrogen-bond donors (Lipinski definition) is 2. The van der Waals surface area contributed by atoms with Gasteiger partial charge in [-0.3, -0.25) is 4.79 Å². The first kappa shape index (κ1) is 14.1. The van der Waals surface area contributed by atoms with Gasteiger partial charge in [0.25, 0.3) is 0 Å². The van der Waals surface area contributed by atoms with Crippen LogP contribution >= 0.6 is 11.8 Å². The second-order valence-corrected chi connectivity index (χ2v) is 4.80. The zero-order chi connectivity index (χ0) is 12.8. The quantitative estimate of drug-likeness (QED) is 0.780. The molecule has 0 aromatic carbocycles. The number of thioether (sulfide) groups is 1. The summed E-state index contributed by atoms with van der Waals surface area (Å²) in [6.45, 7) is 1.43. The van der Waals surface area contributed by atoms with E-state index >= 15 is 0 Å². The van der Waals surface area contributed by atoms with Crippen LogP contribution in [0.4, 0.5) is 4.39 Å². The van der Waals surface area contributed by atoms with Crippen molar-refractivity contribution in [1.82, 2.24) is 4.98 Å². The summed E-state index contributed by atoms with van der Waals surface area (Å²) in [7, 11) is 0. The van der Waals surface area contributed by atoms with Gasteiger partial charge in [-0.1, -0.05) is 17.8 Å². The molecule has 2 unspecified atom stereocenters. The highest BCUT2D eigenvalue weighted by molar-refractivity contribution is 8.13. The Morgan fingerprint density at radius 1 is 1.53 bits per heavy atom. The summed E-state index contributed by atoms with van der Waals surface area (Å²) < 4.78 is 12.8. The monoisotopic (exact) mass is 259 g/mol. The minimum atomic E-state index is -1.24. The summed E-state index contributed by atoms with van der Waals surface area (Å²) in [5.74, 6) is -0.296. The van der Waals surface area contributed by atoms with Crippen molar-refractivity contribution in [3.05, 3.63) is 29.8 Å². The first-order chi connectivity index (χ1) is 8.00. The van der Waals surface area contributed by atoms with Gasteiger partial charge in [-0.15, -0.1) is 0 Å². The number of hydrogen-bond acceptors (Lipinski definition) is 5. The lowest BCUT2D eigenvalue weighted by Gasteiger charge is -2.16. The Labute approximate surface area is 103 Å². The standard InChI is InChI=1S/C11H14FNO3S/c1-7(14)17-6-5-9(15)11(16)8-3-2-4-10(12)13-8/h2-4,9,11,15-16H,5-6H2,1H3. The van der Waals surface area contributed by atoms with Crippen molar-refractivity contribution in [2.75, 3.05) is 5.75 Å². The number of pyridine rings is 1. The minimum Gasteiger partial charge on any atom is -0.390 e. The second kappa shape index (κ2) is 6.68. The lowest BCUT2D eigenvalue weighted by Crippen LogP contribution is -2.20. The largest absolute Gasteiger partial charge is 0.390 e. The van der Waals surface area contributed by atoms with Gasteiger partial charge in [0.05, 0.1) is 11.8 Å². The normalized spacial score (nSPS) is 14.4. The maximum atomic E-state index is 12.8. The topological polar surface area (TPSA) is 70.4 Å². The van der Waals surface area contributed by atoms with Crippen LogP contribution in [0.2, 0.25) is 0 Å². The molecule has 0 aliphatic rings. The molecule has 4 nitrogen and oxygen atoms in total. The van der Waals surface area contributed by atoms with E-state index in [0.717, 1.165) is 17.8 Å². The molecule has 0 spiro atoms. The van der Waals surface area contributed by atoms with E-state index in [4.69, 9.17) is 0 Å². The number of aliphatic hydroxyl groups excluding tert-OH is 2. The highest BCUT2D eigenvalue weighted by Crippen LogP contribution is 2.18. The summed E-state index contributed by atoms with van der Waals surface area (Å²) in [6, 6.07) is 4.02. The molecule has 0 aliphatic carbocycles. The van der Waals surface area contributed by atoms with Crippen LogP contribution in [-0.2, 0) is 4.79 Å². The summed E-state index contributed by atoms with van der Waals surface area (Å²) in [4.78, 5) is 14.2. The Morgan fingerprint density at radius 2 is 2.24 bits per heavy atom. The van der Waals surface area contributed by atoms with E-state index < -0.39 is 18.2 Å². The Kier molecular flexibility index (Phi) is 5.54. The third-order valence-electron chi connectivity index (χ3n) is 2.12. The Bertz CT molecular complexity index is 389. The average molecular weight is 259 g/mol. The minimum absolute atomic E-state index is 0.0458. The summed E-state index contributed by atoms with van der Waals surface area (Å²) >= 11 is 1.07. The van der Waals surface area contributed by atoms with Gasteiger partial charge in [-0.25, -0.2) is 4.98 Å². The molecule has 1 rings (SSSR count). The fourth-order valence-corrected chi connectivity index (χ4v) is 1.91. The van der Waals surface area contributed by atoms with Crippen molar-refractivity contribution < 1.29 is 19.4 Å². The van der Waals surface area contributed by atoms with Gasteiger partial charge in [-0.05, 0) is 18.6 Å². The number of nitrogens with zero attached hydrogens (tertiary/aromatic N) is 1. The van der Waals surface area contributed by atoms with Crippen LogP contribution in [0.5, 0.6) is 0 Å². The van der Waals surface area contributed by atoms with Crippen molar-refractivity contribution in [2.45, 2.75) is 25.6 Å². The smallest absolute Gasteiger partial charge is 0.213 e. The van der Waals surface area contributed by atoms with E-state index in [9.17, 15) is 19.4 Å². The Hall–Kier alpha value is -0.980. The van der Waals surface area contributed by atoms with Crippen molar-refractivity contribution >= 4 is 16.9 Å². The molecule has 94 valence electrons. The van der Waals surface area contributed by atoms with Crippen molar-refractivity contribution in [1.29, 1.82) is 0 Å². The molecule has 0 saturated carbocycles. The van der Waals surface area contributed by atoms with Crippen molar-refractivity contribution in [3.8, 4) is 0 Å². The first-order valence-electron chi connectivity index (χ1n) is 5.12. The third-order valence-corrected chi connectivity index (χ3v) is 2.97. The van der Waals surface area contributed by atoms with Crippen molar-refractivity contribution in [2.24, 2.45) is 0 Å². The van der Waals surface area contributed by atoms with Crippen LogP contribution in [0.25, 0.3) is 0 Å². The molecule has 0 amide bonds. The zero-order valence-corrected chi connectivity index (χ0v) is 10.2. The summed E-state index contributed by atoms with van der Waals surface area (Å²) in [5, 5.41) is 19.3. The van der Waals surface area contributed by atoms with Crippen LogP contribution in [0.1, 0.15) is 25.1 Å². The number of aliphatic hydroxyl groups is 2. The molecule has 6 heteroatoms. The van der Waals surface area contributed by atoms with E-state index in [-0.39, 0.29) is 17.2 Å². The number of carbonyl (C=O) groups is 1. The number of aromatic nitrogens is 1. The highest BCUT2D eigenvalue weighted by Gasteiger charge is 2.19. The highest BCUT2D eigenvalue weighted by atomic mass is 32.2. The lowest BCUT2D eigenvalue weighted by atomic mass is 10.1. The average Bonchev–Trinajstić information content (AvgIpc) is 2.27. The molecular weight excluding hydrogens is 245 g/mol. The molecule has 2 N–H and O–H groups in total. The van der Waals surface area contributed by atoms with E-state index in [2.05, 4.69) is 4.98 Å². The van der Waals surface area contributed by atoms with Gasteiger partial charge in [0.2, 0.25) is 5.95 Å². The van der Waals surface area contributed by atoms with Gasteiger partial charge in [0.15, 0.2) is 5.12 Å². The second-order valence-electron chi connectivity index (χ2n) is 3.53. The lowest BCUT2D eigenvalue weighted by molar-refractivity contribution is -0.109. The molecule has 2 atom stereocenters. The maximum Gasteiger partial charge on any atom is 0.213 e. The Balaban J connectivity index is 2.51. The van der Waals surface area contributed by atoms with E-state index in [1.54, 1.807) is 0 Å². The van der Waals surface area contributed by atoms with Gasteiger partial charge in [0.1, 0.15) is 6.10 Å². The zero-order valence-electron chi connectivity index (χ0n) is 9.34. The predicted octanol–water partition coefficient (Wildman–Crippen LogP) is 1.28.